The van der Waals surface area contributed by atoms with Crippen LogP contribution in [0.25, 0.3) is 0 Å². The number of fused-ring (bicyclic) bond motifs is 1. The minimum Gasteiger partial charge on any atom is -0.496 e. The molecule has 0 amide bonds. The van der Waals surface area contributed by atoms with E-state index in [0.717, 1.165) is 18.8 Å². The summed E-state index contributed by atoms with van der Waals surface area (Å²) < 4.78 is 5.61. The van der Waals surface area contributed by atoms with E-state index >= 15 is 0 Å². The normalized spacial score (nSPS) is 18.6. The summed E-state index contributed by atoms with van der Waals surface area (Å²) in [5.74, 6) is 1.40. The molecule has 0 fully saturated rings. The summed E-state index contributed by atoms with van der Waals surface area (Å²) in [5, 5.41) is 0. The molecule has 1 heterocycles. The summed E-state index contributed by atoms with van der Waals surface area (Å²) in [6, 6.07) is 15.2. The highest BCUT2D eigenvalue weighted by molar-refractivity contribution is 5.49. The molecular weight excluding hydrogens is 246 g/mol. The van der Waals surface area contributed by atoms with Crippen molar-refractivity contribution < 1.29 is 4.74 Å². The fourth-order valence-corrected chi connectivity index (χ4v) is 3.22. The molecule has 2 heteroatoms. The molecule has 104 valence electrons. The molecular formula is C18H21NO. The molecule has 2 aromatic carbocycles. The lowest BCUT2D eigenvalue weighted by Gasteiger charge is -2.33. The molecule has 0 unspecified atom stereocenters. The van der Waals surface area contributed by atoms with Gasteiger partial charge in [-0.1, -0.05) is 42.0 Å². The summed E-state index contributed by atoms with van der Waals surface area (Å²) in [7, 11) is 3.95. The Morgan fingerprint density at radius 1 is 1.15 bits per heavy atom. The van der Waals surface area contributed by atoms with Crippen LogP contribution in [0.3, 0.4) is 0 Å². The van der Waals surface area contributed by atoms with Crippen LogP contribution in [-0.4, -0.2) is 25.6 Å². The standard InChI is InChI=1S/C18H21NO/c1-13-6-4-7-14(10-13)16-12-19(2)11-15-8-5-9-17(20-3)18(15)16/h4-10,16H,11-12H2,1-3H3/t16-/m1/s1. The van der Waals surface area contributed by atoms with Crippen LogP contribution >= 0.6 is 0 Å². The third kappa shape index (κ3) is 2.32. The molecule has 20 heavy (non-hydrogen) atoms. The molecule has 1 atom stereocenters. The summed E-state index contributed by atoms with van der Waals surface area (Å²) in [5.41, 5.74) is 5.43. The van der Waals surface area contributed by atoms with Gasteiger partial charge >= 0.3 is 0 Å². The Labute approximate surface area is 121 Å². The zero-order valence-electron chi connectivity index (χ0n) is 12.4. The third-order valence-electron chi connectivity index (χ3n) is 4.10. The predicted molar refractivity (Wildman–Crippen MR) is 82.4 cm³/mol. The first-order chi connectivity index (χ1) is 9.69. The van der Waals surface area contributed by atoms with Gasteiger partial charge < -0.3 is 9.64 Å². The SMILES string of the molecule is COc1cccc2c1[C@@H](c1cccc(C)c1)CN(C)C2. The van der Waals surface area contributed by atoms with Gasteiger partial charge in [0.1, 0.15) is 5.75 Å². The number of likely N-dealkylation sites (N-methyl/N-ethyl adjacent to an activating group) is 1. The molecule has 0 saturated carbocycles. The fourth-order valence-electron chi connectivity index (χ4n) is 3.22. The van der Waals surface area contributed by atoms with E-state index in [9.17, 15) is 0 Å². The van der Waals surface area contributed by atoms with Crippen molar-refractivity contribution in [3.63, 3.8) is 0 Å². The van der Waals surface area contributed by atoms with Crippen molar-refractivity contribution >= 4 is 0 Å². The molecule has 3 rings (SSSR count). The van der Waals surface area contributed by atoms with Gasteiger partial charge in [0.05, 0.1) is 7.11 Å². The average Bonchev–Trinajstić information content (AvgIpc) is 2.45. The number of nitrogens with zero attached hydrogens (tertiary/aromatic N) is 1. The lowest BCUT2D eigenvalue weighted by molar-refractivity contribution is 0.288. The molecule has 1 aliphatic heterocycles. The number of methoxy groups -OCH3 is 1. The second kappa shape index (κ2) is 5.29. The Balaban J connectivity index is 2.14. The topological polar surface area (TPSA) is 12.5 Å². The van der Waals surface area contributed by atoms with E-state index in [1.165, 1.54) is 22.3 Å². The highest BCUT2D eigenvalue weighted by atomic mass is 16.5. The van der Waals surface area contributed by atoms with Gasteiger partial charge in [0, 0.05) is 24.6 Å². The molecule has 2 nitrogen and oxygen atoms in total. The van der Waals surface area contributed by atoms with Crippen LogP contribution in [0.5, 0.6) is 5.75 Å². The van der Waals surface area contributed by atoms with E-state index in [1.54, 1.807) is 7.11 Å². The molecule has 0 radical (unpaired) electrons. The maximum atomic E-state index is 5.61. The first-order valence-electron chi connectivity index (χ1n) is 7.10. The highest BCUT2D eigenvalue weighted by Gasteiger charge is 2.27. The number of ether oxygens (including phenoxy) is 1. The Bertz CT molecular complexity index is 621. The van der Waals surface area contributed by atoms with Crippen LogP contribution < -0.4 is 4.74 Å². The van der Waals surface area contributed by atoms with E-state index in [2.05, 4.69) is 61.3 Å². The molecule has 0 saturated heterocycles. The first-order valence-corrected chi connectivity index (χ1v) is 7.10. The molecule has 0 bridgehead atoms. The van der Waals surface area contributed by atoms with Gasteiger partial charge in [-0.25, -0.2) is 0 Å². The summed E-state index contributed by atoms with van der Waals surface area (Å²) in [6.45, 7) is 4.19. The number of benzene rings is 2. The van der Waals surface area contributed by atoms with E-state index in [1.807, 2.05) is 0 Å². The van der Waals surface area contributed by atoms with Crippen molar-refractivity contribution in [1.82, 2.24) is 4.90 Å². The van der Waals surface area contributed by atoms with Gasteiger partial charge in [-0.2, -0.15) is 0 Å². The van der Waals surface area contributed by atoms with Crippen molar-refractivity contribution in [1.29, 1.82) is 0 Å². The van der Waals surface area contributed by atoms with Gasteiger partial charge in [-0.3, -0.25) is 0 Å². The van der Waals surface area contributed by atoms with E-state index in [-0.39, 0.29) is 0 Å². The van der Waals surface area contributed by atoms with Gasteiger partial charge in [-0.05, 0) is 31.2 Å². The van der Waals surface area contributed by atoms with E-state index < -0.39 is 0 Å². The molecule has 0 aliphatic carbocycles. The number of rotatable bonds is 2. The van der Waals surface area contributed by atoms with Gasteiger partial charge in [0.15, 0.2) is 0 Å². The van der Waals surface area contributed by atoms with Gasteiger partial charge in [-0.15, -0.1) is 0 Å². The largest absolute Gasteiger partial charge is 0.496 e. The minimum atomic E-state index is 0.389. The Hall–Kier alpha value is -1.80. The zero-order valence-corrected chi connectivity index (χ0v) is 12.4. The van der Waals surface area contributed by atoms with Crippen molar-refractivity contribution in [2.24, 2.45) is 0 Å². The van der Waals surface area contributed by atoms with Crippen LogP contribution in [0.1, 0.15) is 28.2 Å². The summed E-state index contributed by atoms with van der Waals surface area (Å²) >= 11 is 0. The van der Waals surface area contributed by atoms with Crippen molar-refractivity contribution in [3.8, 4) is 5.75 Å². The van der Waals surface area contributed by atoms with Gasteiger partial charge in [0.2, 0.25) is 0 Å². The van der Waals surface area contributed by atoms with E-state index in [4.69, 9.17) is 4.74 Å². The second-order valence-corrected chi connectivity index (χ2v) is 5.70. The zero-order chi connectivity index (χ0) is 14.1. The van der Waals surface area contributed by atoms with Crippen LogP contribution in [0.2, 0.25) is 0 Å². The number of hydrogen-bond donors (Lipinski definition) is 0. The maximum Gasteiger partial charge on any atom is 0.123 e. The molecule has 1 aliphatic rings. The Morgan fingerprint density at radius 2 is 1.95 bits per heavy atom. The lowest BCUT2D eigenvalue weighted by Crippen LogP contribution is -2.31. The fraction of sp³-hybridized carbons (Fsp3) is 0.333. The first kappa shape index (κ1) is 13.2. The molecule has 0 spiro atoms. The quantitative estimate of drug-likeness (QED) is 0.824. The minimum absolute atomic E-state index is 0.389. The maximum absolute atomic E-state index is 5.61. The monoisotopic (exact) mass is 267 g/mol. The van der Waals surface area contributed by atoms with Crippen molar-refractivity contribution in [2.45, 2.75) is 19.4 Å². The summed E-state index contributed by atoms with van der Waals surface area (Å²) in [6.07, 6.45) is 0. The van der Waals surface area contributed by atoms with Crippen LogP contribution in [-0.2, 0) is 6.54 Å². The third-order valence-corrected chi connectivity index (χ3v) is 4.10. The molecule has 0 aromatic heterocycles. The van der Waals surface area contributed by atoms with Crippen molar-refractivity contribution in [3.05, 3.63) is 64.7 Å². The summed E-state index contributed by atoms with van der Waals surface area (Å²) in [4.78, 5) is 2.38. The number of hydrogen-bond acceptors (Lipinski definition) is 2. The second-order valence-electron chi connectivity index (χ2n) is 5.70. The van der Waals surface area contributed by atoms with Crippen molar-refractivity contribution in [2.75, 3.05) is 20.7 Å². The number of aryl methyl sites for hydroxylation is 1. The Morgan fingerprint density at radius 3 is 2.70 bits per heavy atom. The van der Waals surface area contributed by atoms with Crippen LogP contribution in [0.4, 0.5) is 0 Å². The smallest absolute Gasteiger partial charge is 0.123 e. The van der Waals surface area contributed by atoms with Crippen LogP contribution in [0, 0.1) is 6.92 Å². The van der Waals surface area contributed by atoms with Crippen LogP contribution in [0.15, 0.2) is 42.5 Å². The predicted octanol–water partition coefficient (Wildman–Crippen LogP) is 3.58. The Kier molecular flexibility index (Phi) is 3.49. The van der Waals surface area contributed by atoms with Gasteiger partial charge in [0.25, 0.3) is 0 Å². The molecule has 2 aromatic rings. The average molecular weight is 267 g/mol. The highest BCUT2D eigenvalue weighted by Crippen LogP contribution is 2.38. The lowest BCUT2D eigenvalue weighted by atomic mass is 9.83. The molecule has 0 N–H and O–H groups in total. The van der Waals surface area contributed by atoms with E-state index in [0.29, 0.717) is 5.92 Å².